The fourth-order valence-corrected chi connectivity index (χ4v) is 4.63. The molecule has 3 N–H and O–H groups in total. The van der Waals surface area contributed by atoms with E-state index in [0.717, 1.165) is 66.9 Å². The van der Waals surface area contributed by atoms with Crippen LogP contribution in [-0.2, 0) is 11.3 Å². The summed E-state index contributed by atoms with van der Waals surface area (Å²) in [5, 5.41) is 10.1. The molecule has 9 nitrogen and oxygen atoms in total. The van der Waals surface area contributed by atoms with Crippen molar-refractivity contribution < 1.29 is 14.6 Å². The number of hydrogen-bond donors (Lipinski definition) is 3. The lowest BCUT2D eigenvalue weighted by Gasteiger charge is -2.24. The van der Waals surface area contributed by atoms with E-state index in [4.69, 9.17) is 14.8 Å². The molecule has 0 saturated carbocycles. The predicted octanol–water partition coefficient (Wildman–Crippen LogP) is 1.99. The zero-order chi connectivity index (χ0) is 23.5. The van der Waals surface area contributed by atoms with Crippen LogP contribution in [0.3, 0.4) is 0 Å². The molecule has 2 saturated heterocycles. The van der Waals surface area contributed by atoms with Crippen molar-refractivity contribution in [3.63, 3.8) is 0 Å². The molecule has 5 rings (SSSR count). The smallest absolute Gasteiger partial charge is 0.248 e. The highest BCUT2D eigenvalue weighted by atomic mass is 16.5. The molecule has 2 aliphatic rings. The zero-order valence-electron chi connectivity index (χ0n) is 19.3. The molecule has 0 aliphatic carbocycles. The number of aliphatic hydroxyl groups is 1. The van der Waals surface area contributed by atoms with E-state index in [2.05, 4.69) is 26.8 Å². The van der Waals surface area contributed by atoms with Crippen molar-refractivity contribution in [3.8, 4) is 11.6 Å². The van der Waals surface area contributed by atoms with Gasteiger partial charge in [-0.15, -0.1) is 0 Å². The Kier molecular flexibility index (Phi) is 6.68. The number of aromatic nitrogens is 2. The number of pyridine rings is 2. The molecule has 0 bridgehead atoms. The van der Waals surface area contributed by atoms with Gasteiger partial charge < -0.3 is 14.7 Å². The second-order valence-corrected chi connectivity index (χ2v) is 8.94. The van der Waals surface area contributed by atoms with Gasteiger partial charge in [0.15, 0.2) is 0 Å². The number of amides is 1. The normalized spacial score (nSPS) is 20.6. The van der Waals surface area contributed by atoms with Gasteiger partial charge in [0.25, 0.3) is 0 Å². The maximum atomic E-state index is 11.7. The lowest BCUT2D eigenvalue weighted by molar-refractivity contribution is -0.134. The molecular weight excluding hydrogens is 432 g/mol. The number of hydrazine groups is 1. The number of hydrogen-bond acceptors (Lipinski definition) is 8. The lowest BCUT2D eigenvalue weighted by Crippen LogP contribution is -2.40. The maximum Gasteiger partial charge on any atom is 0.248 e. The van der Waals surface area contributed by atoms with Gasteiger partial charge in [0.1, 0.15) is 12.4 Å². The van der Waals surface area contributed by atoms with Crippen molar-refractivity contribution in [1.82, 2.24) is 30.6 Å². The van der Waals surface area contributed by atoms with E-state index in [1.165, 1.54) is 0 Å². The van der Waals surface area contributed by atoms with Crippen molar-refractivity contribution in [1.29, 1.82) is 0 Å². The number of likely N-dealkylation sites (tertiary alicyclic amines) is 1. The van der Waals surface area contributed by atoms with Crippen LogP contribution in [0.5, 0.6) is 11.6 Å². The number of nitrogens with one attached hydrogen (secondary N) is 2. The first-order valence-electron chi connectivity index (χ1n) is 11.7. The van der Waals surface area contributed by atoms with E-state index in [0.29, 0.717) is 5.88 Å². The number of carbonyl (C=O) groups is 1. The summed E-state index contributed by atoms with van der Waals surface area (Å²) < 4.78 is 5.97. The Morgan fingerprint density at radius 3 is 2.91 bits per heavy atom. The van der Waals surface area contributed by atoms with Crippen LogP contribution in [0, 0.1) is 0 Å². The van der Waals surface area contributed by atoms with E-state index >= 15 is 0 Å². The monoisotopic (exact) mass is 462 g/mol. The van der Waals surface area contributed by atoms with Crippen molar-refractivity contribution in [2.75, 3.05) is 33.3 Å². The third-order valence-corrected chi connectivity index (χ3v) is 6.65. The molecule has 1 aromatic carbocycles. The highest BCUT2D eigenvalue weighted by molar-refractivity contribution is 5.80. The van der Waals surface area contributed by atoms with Crippen molar-refractivity contribution in [2.24, 2.45) is 0 Å². The van der Waals surface area contributed by atoms with Crippen LogP contribution in [0.25, 0.3) is 10.9 Å². The van der Waals surface area contributed by atoms with Gasteiger partial charge in [-0.3, -0.25) is 25.5 Å². The number of ether oxygens (including phenoxy) is 1. The highest BCUT2D eigenvalue weighted by Gasteiger charge is 2.28. The molecule has 2 aliphatic heterocycles. The number of fused-ring (bicyclic) bond motifs is 1. The molecule has 9 heteroatoms. The maximum absolute atomic E-state index is 11.7. The van der Waals surface area contributed by atoms with Gasteiger partial charge in [0.2, 0.25) is 11.8 Å². The summed E-state index contributed by atoms with van der Waals surface area (Å²) in [5.74, 6) is 1.05. The van der Waals surface area contributed by atoms with E-state index < -0.39 is 6.61 Å². The van der Waals surface area contributed by atoms with Crippen LogP contribution in [0.4, 0.5) is 0 Å². The SMILES string of the molecule is CN(C(=O)CO)[C@@H]1CCN(Cc2ccc3cc(Oc4ccc(C5CCNN5)cn4)ccc3n2)C1. The van der Waals surface area contributed by atoms with Gasteiger partial charge in [-0.25, -0.2) is 4.98 Å². The molecule has 2 fully saturated rings. The van der Waals surface area contributed by atoms with E-state index in [-0.39, 0.29) is 18.0 Å². The predicted molar refractivity (Wildman–Crippen MR) is 128 cm³/mol. The standard InChI is InChI=1S/C25H30N6O3/c1-30(25(33)16-32)20-9-11-31(15-20)14-19-4-2-17-12-21(5-6-22(17)28-19)34-24-7-3-18(13-26-24)23-8-10-27-29-23/h2-7,12-13,20,23,27,29,32H,8-11,14-16H2,1H3/t20-,23?/m1/s1. The minimum Gasteiger partial charge on any atom is -0.439 e. The second-order valence-electron chi connectivity index (χ2n) is 8.94. The lowest BCUT2D eigenvalue weighted by atomic mass is 10.1. The molecule has 0 radical (unpaired) electrons. The Hall–Kier alpha value is -3.11. The molecular formula is C25H30N6O3. The van der Waals surface area contributed by atoms with E-state index in [1.807, 2.05) is 42.6 Å². The average molecular weight is 463 g/mol. The zero-order valence-corrected chi connectivity index (χ0v) is 19.3. The summed E-state index contributed by atoms with van der Waals surface area (Å²) >= 11 is 0. The van der Waals surface area contributed by atoms with Crippen LogP contribution >= 0.6 is 0 Å². The summed E-state index contributed by atoms with van der Waals surface area (Å²) in [7, 11) is 1.76. The van der Waals surface area contributed by atoms with Crippen molar-refractivity contribution in [2.45, 2.75) is 31.5 Å². The molecule has 2 aromatic heterocycles. The minimum absolute atomic E-state index is 0.133. The summed E-state index contributed by atoms with van der Waals surface area (Å²) in [6.07, 6.45) is 3.80. The fourth-order valence-electron chi connectivity index (χ4n) is 4.63. The summed E-state index contributed by atoms with van der Waals surface area (Å²) in [5.41, 5.74) is 9.42. The van der Waals surface area contributed by atoms with Gasteiger partial charge in [0, 0.05) is 63.0 Å². The molecule has 2 atom stereocenters. The largest absolute Gasteiger partial charge is 0.439 e. The fraction of sp³-hybridized carbons (Fsp3) is 0.400. The Balaban J connectivity index is 1.21. The summed E-state index contributed by atoms with van der Waals surface area (Å²) in [6.45, 7) is 2.93. The van der Waals surface area contributed by atoms with Gasteiger partial charge >= 0.3 is 0 Å². The Morgan fingerprint density at radius 2 is 2.15 bits per heavy atom. The van der Waals surface area contributed by atoms with Gasteiger partial charge in [-0.2, -0.15) is 0 Å². The molecule has 3 aromatic rings. The number of aliphatic hydroxyl groups excluding tert-OH is 1. The quantitative estimate of drug-likeness (QED) is 0.490. The second kappa shape index (κ2) is 10.0. The highest BCUT2D eigenvalue weighted by Crippen LogP contribution is 2.26. The minimum atomic E-state index is -0.442. The van der Waals surface area contributed by atoms with Crippen LogP contribution in [0.2, 0.25) is 0 Å². The average Bonchev–Trinajstić information content (AvgIpc) is 3.56. The summed E-state index contributed by atoms with van der Waals surface area (Å²) in [4.78, 5) is 25.0. The molecule has 4 heterocycles. The molecule has 1 unspecified atom stereocenters. The third-order valence-electron chi connectivity index (χ3n) is 6.65. The number of benzene rings is 1. The van der Waals surface area contributed by atoms with Gasteiger partial charge in [0.05, 0.1) is 11.2 Å². The topological polar surface area (TPSA) is 103 Å². The van der Waals surface area contributed by atoms with E-state index in [9.17, 15) is 4.79 Å². The first-order valence-corrected chi connectivity index (χ1v) is 11.7. The van der Waals surface area contributed by atoms with Crippen LogP contribution in [0.15, 0.2) is 48.7 Å². The molecule has 178 valence electrons. The number of likely N-dealkylation sites (N-methyl/N-ethyl adjacent to an activating group) is 1. The van der Waals surface area contributed by atoms with Crippen molar-refractivity contribution in [3.05, 3.63) is 59.9 Å². The summed E-state index contributed by atoms with van der Waals surface area (Å²) in [6, 6.07) is 14.3. The Labute approximate surface area is 198 Å². The molecule has 34 heavy (non-hydrogen) atoms. The van der Waals surface area contributed by atoms with Crippen LogP contribution in [0.1, 0.15) is 30.1 Å². The Bertz CT molecular complexity index is 1150. The first-order chi connectivity index (χ1) is 16.6. The van der Waals surface area contributed by atoms with Crippen molar-refractivity contribution >= 4 is 16.8 Å². The number of carbonyl (C=O) groups excluding carboxylic acids is 1. The molecule has 1 amide bonds. The first kappa shape index (κ1) is 22.7. The van der Waals surface area contributed by atoms with Gasteiger partial charge in [-0.1, -0.05) is 12.1 Å². The number of nitrogens with zero attached hydrogens (tertiary/aromatic N) is 4. The van der Waals surface area contributed by atoms with E-state index in [1.54, 1.807) is 11.9 Å². The van der Waals surface area contributed by atoms with Crippen LogP contribution in [-0.4, -0.2) is 70.1 Å². The third kappa shape index (κ3) is 5.02. The number of rotatable bonds is 7. The Morgan fingerprint density at radius 1 is 1.24 bits per heavy atom. The molecule has 0 spiro atoms. The van der Waals surface area contributed by atoms with Crippen LogP contribution < -0.4 is 15.6 Å². The van der Waals surface area contributed by atoms with Gasteiger partial charge in [-0.05, 0) is 42.7 Å².